The van der Waals surface area contributed by atoms with Crippen molar-refractivity contribution in [3.8, 4) is 5.75 Å². The third-order valence-electron chi connectivity index (χ3n) is 3.24. The van der Waals surface area contributed by atoms with Crippen molar-refractivity contribution in [3.63, 3.8) is 0 Å². The minimum atomic E-state index is -0.473. The van der Waals surface area contributed by atoms with Gasteiger partial charge >= 0.3 is 5.97 Å². The maximum atomic E-state index is 11.6. The lowest BCUT2D eigenvalue weighted by Crippen LogP contribution is -2.07. The fourth-order valence-corrected chi connectivity index (χ4v) is 2.03. The Morgan fingerprint density at radius 2 is 1.87 bits per heavy atom. The Bertz CT molecular complexity index is 628. The second-order valence-corrected chi connectivity index (χ2v) is 4.98. The van der Waals surface area contributed by atoms with E-state index in [4.69, 9.17) is 15.2 Å². The van der Waals surface area contributed by atoms with E-state index in [1.807, 2.05) is 30.3 Å². The Morgan fingerprint density at radius 1 is 1.09 bits per heavy atom. The molecule has 0 spiro atoms. The summed E-state index contributed by atoms with van der Waals surface area (Å²) in [5.74, 6) is 0.113. The third-order valence-corrected chi connectivity index (χ3v) is 3.24. The van der Waals surface area contributed by atoms with Crippen molar-refractivity contribution in [2.24, 2.45) is 0 Å². The van der Waals surface area contributed by atoms with Crippen molar-refractivity contribution >= 4 is 11.7 Å². The molecule has 0 aliphatic heterocycles. The molecule has 122 valence electrons. The zero-order valence-corrected chi connectivity index (χ0v) is 13.2. The number of hydrogen-bond donors (Lipinski definition) is 1. The van der Waals surface area contributed by atoms with Gasteiger partial charge in [0.05, 0.1) is 32.5 Å². The molecule has 2 aromatic carbocycles. The number of methoxy groups -OCH3 is 1. The maximum Gasteiger partial charge on any atom is 0.340 e. The van der Waals surface area contributed by atoms with Crippen molar-refractivity contribution in [3.05, 3.63) is 59.7 Å². The van der Waals surface area contributed by atoms with Gasteiger partial charge in [0, 0.05) is 12.1 Å². The molecular weight excluding hydrogens is 294 g/mol. The molecule has 2 rings (SSSR count). The summed E-state index contributed by atoms with van der Waals surface area (Å²) in [7, 11) is 1.32. The lowest BCUT2D eigenvalue weighted by Gasteiger charge is -2.09. The van der Waals surface area contributed by atoms with Gasteiger partial charge in [-0.3, -0.25) is 0 Å². The van der Waals surface area contributed by atoms with Crippen LogP contribution in [-0.4, -0.2) is 26.3 Å². The van der Waals surface area contributed by atoms with E-state index < -0.39 is 5.97 Å². The maximum absolute atomic E-state index is 11.6. The number of ether oxygens (including phenoxy) is 3. The minimum Gasteiger partial charge on any atom is -0.493 e. The van der Waals surface area contributed by atoms with E-state index in [2.05, 4.69) is 4.74 Å². The fourth-order valence-electron chi connectivity index (χ4n) is 2.03. The molecule has 0 unspecified atom stereocenters. The fraction of sp³-hybridized carbons (Fsp3) is 0.278. The van der Waals surface area contributed by atoms with Crippen LogP contribution in [-0.2, 0) is 16.1 Å². The molecule has 0 fully saturated rings. The highest BCUT2D eigenvalue weighted by atomic mass is 16.5. The highest BCUT2D eigenvalue weighted by Crippen LogP contribution is 2.20. The monoisotopic (exact) mass is 315 g/mol. The number of hydrogen-bond acceptors (Lipinski definition) is 5. The second kappa shape index (κ2) is 8.80. The molecule has 0 aliphatic rings. The zero-order valence-electron chi connectivity index (χ0n) is 13.2. The molecule has 0 heterocycles. The first kappa shape index (κ1) is 16.8. The van der Waals surface area contributed by atoms with Crippen molar-refractivity contribution in [1.82, 2.24) is 0 Å². The number of nitrogen functional groups attached to an aromatic ring is 1. The topological polar surface area (TPSA) is 70.8 Å². The number of carbonyl (C=O) groups excluding carboxylic acids is 1. The van der Waals surface area contributed by atoms with Crippen molar-refractivity contribution in [1.29, 1.82) is 0 Å². The number of carbonyl (C=O) groups is 1. The van der Waals surface area contributed by atoms with Gasteiger partial charge in [-0.15, -0.1) is 0 Å². The Labute approximate surface area is 136 Å². The van der Waals surface area contributed by atoms with Crippen molar-refractivity contribution in [2.45, 2.75) is 13.0 Å². The summed E-state index contributed by atoms with van der Waals surface area (Å²) in [6.45, 7) is 1.70. The summed E-state index contributed by atoms with van der Waals surface area (Å²) in [6, 6.07) is 15.0. The van der Waals surface area contributed by atoms with Crippen LogP contribution in [0.5, 0.6) is 5.75 Å². The third kappa shape index (κ3) is 5.30. The quantitative estimate of drug-likeness (QED) is 0.460. The Kier molecular flexibility index (Phi) is 6.44. The van der Waals surface area contributed by atoms with E-state index in [-0.39, 0.29) is 0 Å². The Balaban J connectivity index is 1.71. The van der Waals surface area contributed by atoms with Crippen LogP contribution >= 0.6 is 0 Å². The number of rotatable bonds is 8. The SMILES string of the molecule is COC(=O)c1cc(OCCCOCc2ccccc2)ccc1N. The first-order valence-electron chi connectivity index (χ1n) is 7.43. The summed E-state index contributed by atoms with van der Waals surface area (Å²) in [5.41, 5.74) is 7.57. The number of nitrogens with two attached hydrogens (primary N) is 1. The average Bonchev–Trinajstić information content (AvgIpc) is 2.59. The summed E-state index contributed by atoms with van der Waals surface area (Å²) in [4.78, 5) is 11.6. The van der Waals surface area contributed by atoms with E-state index in [1.54, 1.807) is 18.2 Å². The van der Waals surface area contributed by atoms with Crippen LogP contribution in [0.1, 0.15) is 22.3 Å². The normalized spacial score (nSPS) is 10.3. The van der Waals surface area contributed by atoms with Gasteiger partial charge in [0.25, 0.3) is 0 Å². The summed E-state index contributed by atoms with van der Waals surface area (Å²) in [6.07, 6.45) is 0.755. The largest absolute Gasteiger partial charge is 0.493 e. The van der Waals surface area contributed by atoms with Crippen molar-refractivity contribution < 1.29 is 19.0 Å². The molecule has 0 aliphatic carbocycles. The Morgan fingerprint density at radius 3 is 2.61 bits per heavy atom. The van der Waals surface area contributed by atoms with Crippen LogP contribution in [0.25, 0.3) is 0 Å². The minimum absolute atomic E-state index is 0.310. The van der Waals surface area contributed by atoms with Gasteiger partial charge in [0.15, 0.2) is 0 Å². The van der Waals surface area contributed by atoms with Gasteiger partial charge in [0.1, 0.15) is 5.75 Å². The summed E-state index contributed by atoms with van der Waals surface area (Å²) >= 11 is 0. The summed E-state index contributed by atoms with van der Waals surface area (Å²) in [5, 5.41) is 0. The molecular formula is C18H21NO4. The van der Waals surface area contributed by atoms with E-state index in [1.165, 1.54) is 7.11 Å². The predicted molar refractivity (Wildman–Crippen MR) is 88.4 cm³/mol. The Hall–Kier alpha value is -2.53. The molecule has 0 saturated carbocycles. The smallest absolute Gasteiger partial charge is 0.340 e. The van der Waals surface area contributed by atoms with Crippen LogP contribution in [0, 0.1) is 0 Å². The van der Waals surface area contributed by atoms with E-state index in [9.17, 15) is 4.79 Å². The van der Waals surface area contributed by atoms with Gasteiger partial charge < -0.3 is 19.9 Å². The van der Waals surface area contributed by atoms with Crippen LogP contribution < -0.4 is 10.5 Å². The van der Waals surface area contributed by atoms with E-state index >= 15 is 0 Å². The van der Waals surface area contributed by atoms with Crippen LogP contribution in [0.15, 0.2) is 48.5 Å². The molecule has 5 nitrogen and oxygen atoms in total. The summed E-state index contributed by atoms with van der Waals surface area (Å²) < 4.78 is 15.9. The van der Waals surface area contributed by atoms with Crippen LogP contribution in [0.2, 0.25) is 0 Å². The molecule has 0 amide bonds. The lowest BCUT2D eigenvalue weighted by atomic mass is 10.2. The predicted octanol–water partition coefficient (Wildman–Crippen LogP) is 3.04. The molecule has 5 heteroatoms. The van der Waals surface area contributed by atoms with Gasteiger partial charge in [-0.2, -0.15) is 0 Å². The highest BCUT2D eigenvalue weighted by molar-refractivity contribution is 5.95. The first-order chi connectivity index (χ1) is 11.2. The lowest BCUT2D eigenvalue weighted by molar-refractivity contribution is 0.0601. The van der Waals surface area contributed by atoms with Crippen LogP contribution in [0.3, 0.4) is 0 Å². The number of esters is 1. The second-order valence-electron chi connectivity index (χ2n) is 4.98. The molecule has 0 bridgehead atoms. The highest BCUT2D eigenvalue weighted by Gasteiger charge is 2.11. The van der Waals surface area contributed by atoms with Crippen LogP contribution in [0.4, 0.5) is 5.69 Å². The molecule has 0 radical (unpaired) electrons. The standard InChI is InChI=1S/C18H21NO4/c1-21-18(20)16-12-15(8-9-17(16)19)23-11-5-10-22-13-14-6-3-2-4-7-14/h2-4,6-9,12H,5,10-11,13,19H2,1H3. The van der Waals surface area contributed by atoms with Gasteiger partial charge in [-0.25, -0.2) is 4.79 Å². The van der Waals surface area contributed by atoms with Gasteiger partial charge in [0.2, 0.25) is 0 Å². The van der Waals surface area contributed by atoms with E-state index in [0.29, 0.717) is 36.8 Å². The van der Waals surface area contributed by atoms with E-state index in [0.717, 1.165) is 12.0 Å². The molecule has 0 atom stereocenters. The number of benzene rings is 2. The van der Waals surface area contributed by atoms with Gasteiger partial charge in [-0.05, 0) is 23.8 Å². The zero-order chi connectivity index (χ0) is 16.5. The van der Waals surface area contributed by atoms with Crippen molar-refractivity contribution in [2.75, 3.05) is 26.1 Å². The molecule has 2 aromatic rings. The average molecular weight is 315 g/mol. The molecule has 2 N–H and O–H groups in total. The molecule has 0 saturated heterocycles. The van der Waals surface area contributed by atoms with Gasteiger partial charge in [-0.1, -0.05) is 30.3 Å². The number of anilines is 1. The first-order valence-corrected chi connectivity index (χ1v) is 7.43. The molecule has 23 heavy (non-hydrogen) atoms. The molecule has 0 aromatic heterocycles.